The summed E-state index contributed by atoms with van der Waals surface area (Å²) in [5.74, 6) is -0.0734. The Morgan fingerprint density at radius 2 is 1.71 bits per heavy atom. The van der Waals surface area contributed by atoms with Gasteiger partial charge in [-0.25, -0.2) is 9.69 Å². The molecule has 1 saturated carbocycles. The number of methoxy groups -OCH3 is 1. The maximum absolute atomic E-state index is 13.3. The van der Waals surface area contributed by atoms with Crippen LogP contribution in [0.3, 0.4) is 0 Å². The first kappa shape index (κ1) is 21.2. The van der Waals surface area contributed by atoms with Gasteiger partial charge in [-0.15, -0.1) is 0 Å². The molecule has 1 heterocycles. The van der Waals surface area contributed by atoms with E-state index in [2.05, 4.69) is 5.32 Å². The first-order valence-corrected chi connectivity index (χ1v) is 10.7. The fraction of sp³-hybridized carbons (Fsp3) is 0.348. The molecule has 7 nitrogen and oxygen atoms in total. The lowest BCUT2D eigenvalue weighted by atomic mass is 10.1. The topological polar surface area (TPSA) is 79.0 Å². The lowest BCUT2D eigenvalue weighted by molar-refractivity contribution is -0.124. The number of hydrogen-bond donors (Lipinski definition) is 1. The summed E-state index contributed by atoms with van der Waals surface area (Å²) in [4.78, 5) is 42.1. The summed E-state index contributed by atoms with van der Waals surface area (Å²) in [6, 6.07) is 12.3. The highest BCUT2D eigenvalue weighted by atomic mass is 35.5. The number of nitrogens with zero attached hydrogens (tertiary/aromatic N) is 2. The summed E-state index contributed by atoms with van der Waals surface area (Å²) in [7, 11) is 1.55. The first-order chi connectivity index (χ1) is 15.0. The van der Waals surface area contributed by atoms with Crippen molar-refractivity contribution in [3.05, 3.63) is 53.6 Å². The van der Waals surface area contributed by atoms with Crippen LogP contribution in [0.15, 0.2) is 48.5 Å². The van der Waals surface area contributed by atoms with Crippen molar-refractivity contribution in [3.8, 4) is 5.75 Å². The number of benzene rings is 2. The van der Waals surface area contributed by atoms with E-state index in [1.54, 1.807) is 60.5 Å². The molecular weight excluding hydrogens is 418 g/mol. The number of hydrogen-bond acceptors (Lipinski definition) is 4. The fourth-order valence-corrected chi connectivity index (χ4v) is 4.41. The average Bonchev–Trinajstić information content (AvgIpc) is 3.37. The van der Waals surface area contributed by atoms with Gasteiger partial charge in [-0.1, -0.05) is 24.4 Å². The third-order valence-corrected chi connectivity index (χ3v) is 6.06. The van der Waals surface area contributed by atoms with Crippen LogP contribution in [-0.2, 0) is 9.59 Å². The molecule has 2 aliphatic rings. The van der Waals surface area contributed by atoms with Gasteiger partial charge in [0.2, 0.25) is 5.91 Å². The Morgan fingerprint density at radius 3 is 2.32 bits per heavy atom. The van der Waals surface area contributed by atoms with E-state index in [1.807, 2.05) is 0 Å². The zero-order valence-electron chi connectivity index (χ0n) is 17.2. The second kappa shape index (κ2) is 8.98. The van der Waals surface area contributed by atoms with Gasteiger partial charge in [0.25, 0.3) is 5.91 Å². The molecule has 2 aromatic carbocycles. The lowest BCUT2D eigenvalue weighted by Crippen LogP contribution is -2.43. The van der Waals surface area contributed by atoms with Gasteiger partial charge in [0.05, 0.1) is 19.2 Å². The summed E-state index contributed by atoms with van der Waals surface area (Å²) in [6.07, 6.45) is 3.59. The van der Waals surface area contributed by atoms with Crippen LogP contribution in [0.4, 0.5) is 16.2 Å². The molecule has 31 heavy (non-hydrogen) atoms. The SMILES string of the molecule is COc1ccc(N2C(=O)C(CC(=O)Nc3ccc(Cl)cc3)N(C3CCCC3)C2=O)cc1. The Kier molecular flexibility index (Phi) is 6.13. The summed E-state index contributed by atoms with van der Waals surface area (Å²) < 4.78 is 5.17. The second-order valence-corrected chi connectivity index (χ2v) is 8.21. The number of nitrogens with one attached hydrogen (secondary N) is 1. The molecule has 0 radical (unpaired) electrons. The van der Waals surface area contributed by atoms with Crippen molar-refractivity contribution in [1.82, 2.24) is 4.90 Å². The summed E-state index contributed by atoms with van der Waals surface area (Å²) >= 11 is 5.89. The molecule has 0 aromatic heterocycles. The highest BCUT2D eigenvalue weighted by molar-refractivity contribution is 6.30. The molecule has 1 saturated heterocycles. The van der Waals surface area contributed by atoms with Crippen LogP contribution in [0.2, 0.25) is 5.02 Å². The highest BCUT2D eigenvalue weighted by Crippen LogP contribution is 2.34. The van der Waals surface area contributed by atoms with E-state index in [4.69, 9.17) is 16.3 Å². The largest absolute Gasteiger partial charge is 0.497 e. The van der Waals surface area contributed by atoms with Crippen molar-refractivity contribution in [1.29, 1.82) is 0 Å². The Hall–Kier alpha value is -3.06. The predicted molar refractivity (Wildman–Crippen MR) is 118 cm³/mol. The zero-order valence-corrected chi connectivity index (χ0v) is 18.0. The molecule has 1 unspecified atom stereocenters. The van der Waals surface area contributed by atoms with Crippen LogP contribution in [0.5, 0.6) is 5.75 Å². The molecule has 1 atom stereocenters. The Morgan fingerprint density at radius 1 is 1.06 bits per heavy atom. The van der Waals surface area contributed by atoms with Gasteiger partial charge in [0.15, 0.2) is 0 Å². The second-order valence-electron chi connectivity index (χ2n) is 7.77. The molecular formula is C23H24ClN3O4. The normalized spacial score (nSPS) is 19.2. The third kappa shape index (κ3) is 4.37. The predicted octanol–water partition coefficient (Wildman–Crippen LogP) is 4.46. The van der Waals surface area contributed by atoms with E-state index in [0.717, 1.165) is 25.7 Å². The minimum Gasteiger partial charge on any atom is -0.497 e. The fourth-order valence-electron chi connectivity index (χ4n) is 4.28. The Balaban J connectivity index is 1.57. The number of halogens is 1. The quantitative estimate of drug-likeness (QED) is 0.671. The van der Waals surface area contributed by atoms with Crippen LogP contribution < -0.4 is 15.0 Å². The smallest absolute Gasteiger partial charge is 0.332 e. The van der Waals surface area contributed by atoms with Gasteiger partial charge in [0, 0.05) is 16.8 Å². The lowest BCUT2D eigenvalue weighted by Gasteiger charge is -2.27. The van der Waals surface area contributed by atoms with E-state index >= 15 is 0 Å². The summed E-state index contributed by atoms with van der Waals surface area (Å²) in [6.45, 7) is 0. The van der Waals surface area contributed by atoms with E-state index in [1.165, 1.54) is 4.90 Å². The number of carbonyl (C=O) groups excluding carboxylic acids is 3. The number of urea groups is 1. The standard InChI is InChI=1S/C23H24ClN3O4/c1-31-19-12-10-18(11-13-19)27-22(29)20(26(23(27)30)17-4-2-3-5-17)14-21(28)25-16-8-6-15(24)7-9-16/h6-13,17,20H,2-5,14H2,1H3,(H,25,28). The number of carbonyl (C=O) groups is 3. The van der Waals surface area contributed by atoms with Crippen molar-refractivity contribution in [2.45, 2.75) is 44.2 Å². The maximum Gasteiger partial charge on any atom is 0.332 e. The zero-order chi connectivity index (χ0) is 22.0. The van der Waals surface area contributed by atoms with Gasteiger partial charge in [-0.2, -0.15) is 0 Å². The molecule has 4 amide bonds. The average molecular weight is 442 g/mol. The molecule has 2 fully saturated rings. The number of anilines is 2. The van der Waals surface area contributed by atoms with Gasteiger partial charge in [-0.05, 0) is 61.4 Å². The van der Waals surface area contributed by atoms with Gasteiger partial charge in [0.1, 0.15) is 11.8 Å². The molecule has 8 heteroatoms. The molecule has 162 valence electrons. The van der Waals surface area contributed by atoms with Crippen molar-refractivity contribution in [2.75, 3.05) is 17.3 Å². The Labute approximate surface area is 185 Å². The monoisotopic (exact) mass is 441 g/mol. The molecule has 2 aromatic rings. The number of imide groups is 1. The molecule has 4 rings (SSSR count). The van der Waals surface area contributed by atoms with Gasteiger partial charge >= 0.3 is 6.03 Å². The van der Waals surface area contributed by atoms with Crippen LogP contribution in [-0.4, -0.2) is 41.9 Å². The van der Waals surface area contributed by atoms with Gasteiger partial charge < -0.3 is 15.0 Å². The number of amides is 4. The van der Waals surface area contributed by atoms with Crippen molar-refractivity contribution in [2.24, 2.45) is 0 Å². The van der Waals surface area contributed by atoms with Crippen molar-refractivity contribution in [3.63, 3.8) is 0 Å². The minimum atomic E-state index is -0.829. The van der Waals surface area contributed by atoms with E-state index in [0.29, 0.717) is 22.1 Å². The number of ether oxygens (including phenoxy) is 1. The van der Waals surface area contributed by atoms with Crippen molar-refractivity contribution >= 4 is 40.8 Å². The molecule has 1 N–H and O–H groups in total. The number of rotatable bonds is 6. The van der Waals surface area contributed by atoms with Gasteiger partial charge in [-0.3, -0.25) is 9.59 Å². The first-order valence-electron chi connectivity index (χ1n) is 10.3. The third-order valence-electron chi connectivity index (χ3n) is 5.81. The highest BCUT2D eigenvalue weighted by Gasteiger charge is 2.49. The summed E-state index contributed by atoms with van der Waals surface area (Å²) in [5, 5.41) is 3.36. The molecule has 1 aliphatic heterocycles. The minimum absolute atomic E-state index is 0.0342. The van der Waals surface area contributed by atoms with E-state index < -0.39 is 6.04 Å². The van der Waals surface area contributed by atoms with E-state index in [-0.39, 0.29) is 30.3 Å². The summed E-state index contributed by atoms with van der Waals surface area (Å²) in [5.41, 5.74) is 1.06. The maximum atomic E-state index is 13.3. The molecule has 0 bridgehead atoms. The molecule has 1 aliphatic carbocycles. The van der Waals surface area contributed by atoms with Crippen molar-refractivity contribution < 1.29 is 19.1 Å². The molecule has 0 spiro atoms. The van der Waals surface area contributed by atoms with Crippen LogP contribution in [0.1, 0.15) is 32.1 Å². The Bertz CT molecular complexity index is 971. The van der Waals surface area contributed by atoms with E-state index in [9.17, 15) is 14.4 Å². The van der Waals surface area contributed by atoms with Crippen LogP contribution in [0, 0.1) is 0 Å². The van der Waals surface area contributed by atoms with Crippen LogP contribution in [0.25, 0.3) is 0 Å². The van der Waals surface area contributed by atoms with Crippen LogP contribution >= 0.6 is 11.6 Å².